The number of carboxylic acid groups (broad SMARTS) is 1. The van der Waals surface area contributed by atoms with E-state index >= 15 is 0 Å². The molecule has 2 N–H and O–H groups in total. The molecule has 3 heterocycles. The van der Waals surface area contributed by atoms with Crippen LogP contribution in [-0.2, 0) is 0 Å². The summed E-state index contributed by atoms with van der Waals surface area (Å²) < 4.78 is 2.02. The first kappa shape index (κ1) is 14.7. The van der Waals surface area contributed by atoms with Crippen LogP contribution in [0.25, 0.3) is 16.8 Å². The van der Waals surface area contributed by atoms with Crippen LogP contribution >= 0.6 is 0 Å². The molecule has 0 radical (unpaired) electrons. The Morgan fingerprint density at radius 2 is 2.08 bits per heavy atom. The largest absolute Gasteiger partial charge is 0.465 e. The van der Waals surface area contributed by atoms with E-state index in [1.54, 1.807) is 11.1 Å². The normalized spacial score (nSPS) is 24.0. The fourth-order valence-corrected chi connectivity index (χ4v) is 4.51. The highest BCUT2D eigenvalue weighted by Crippen LogP contribution is 2.42. The fraction of sp³-hybridized carbons (Fsp3) is 0.529. The molecule has 0 bridgehead atoms. The Morgan fingerprint density at radius 3 is 2.80 bits per heavy atom. The molecule has 3 aromatic rings. The zero-order valence-electron chi connectivity index (χ0n) is 13.8. The predicted molar refractivity (Wildman–Crippen MR) is 90.5 cm³/mol. The molecule has 2 saturated carbocycles. The number of aromatic amines is 1. The van der Waals surface area contributed by atoms with Crippen molar-refractivity contribution in [2.24, 2.45) is 0 Å². The molecule has 2 fully saturated rings. The molecule has 0 aromatic carbocycles. The van der Waals surface area contributed by atoms with Crippen molar-refractivity contribution in [2.45, 2.75) is 56.5 Å². The molecule has 2 aliphatic rings. The number of H-pyrrole nitrogens is 1. The smallest absolute Gasteiger partial charge is 0.407 e. The Hall–Kier alpha value is -2.64. The molecule has 1 amide bonds. The molecule has 25 heavy (non-hydrogen) atoms. The first-order chi connectivity index (χ1) is 12.2. The fourth-order valence-electron chi connectivity index (χ4n) is 4.51. The van der Waals surface area contributed by atoms with Crippen molar-refractivity contribution in [1.82, 2.24) is 29.5 Å². The molecule has 8 heteroatoms. The molecule has 2 atom stereocenters. The van der Waals surface area contributed by atoms with Gasteiger partial charge in [0.15, 0.2) is 11.3 Å². The lowest BCUT2D eigenvalue weighted by Gasteiger charge is -2.44. The van der Waals surface area contributed by atoms with Crippen LogP contribution in [0.3, 0.4) is 0 Å². The van der Waals surface area contributed by atoms with Crippen molar-refractivity contribution in [3.8, 4) is 0 Å². The highest BCUT2D eigenvalue weighted by Gasteiger charge is 2.44. The van der Waals surface area contributed by atoms with Crippen molar-refractivity contribution in [1.29, 1.82) is 0 Å². The van der Waals surface area contributed by atoms with Gasteiger partial charge in [-0.25, -0.2) is 9.78 Å². The summed E-state index contributed by atoms with van der Waals surface area (Å²) in [6, 6.07) is 2.11. The Morgan fingerprint density at radius 1 is 1.24 bits per heavy atom. The van der Waals surface area contributed by atoms with Crippen LogP contribution in [0, 0.1) is 0 Å². The van der Waals surface area contributed by atoms with Crippen LogP contribution in [0.4, 0.5) is 4.79 Å². The second kappa shape index (κ2) is 5.44. The topological polar surface area (TPSA) is 99.4 Å². The Balaban J connectivity index is 1.56. The Bertz CT molecular complexity index is 941. The number of hydrogen-bond acceptors (Lipinski definition) is 4. The van der Waals surface area contributed by atoms with E-state index in [2.05, 4.69) is 20.2 Å². The van der Waals surface area contributed by atoms with Gasteiger partial charge in [0.2, 0.25) is 0 Å². The van der Waals surface area contributed by atoms with Gasteiger partial charge in [-0.2, -0.15) is 0 Å². The van der Waals surface area contributed by atoms with E-state index in [0.717, 1.165) is 55.5 Å². The van der Waals surface area contributed by atoms with Crippen LogP contribution < -0.4 is 0 Å². The zero-order valence-corrected chi connectivity index (χ0v) is 13.8. The highest BCUT2D eigenvalue weighted by atomic mass is 16.4. The van der Waals surface area contributed by atoms with Gasteiger partial charge in [0, 0.05) is 24.2 Å². The average Bonchev–Trinajstić information content (AvgIpc) is 3.30. The molecule has 130 valence electrons. The van der Waals surface area contributed by atoms with Crippen molar-refractivity contribution in [3.63, 3.8) is 0 Å². The number of hydrogen-bond donors (Lipinski definition) is 2. The maximum absolute atomic E-state index is 11.9. The minimum atomic E-state index is -0.802. The van der Waals surface area contributed by atoms with E-state index in [4.69, 9.17) is 0 Å². The Kier molecular flexibility index (Phi) is 3.19. The van der Waals surface area contributed by atoms with E-state index in [1.807, 2.05) is 16.7 Å². The first-order valence-corrected chi connectivity index (χ1v) is 8.92. The van der Waals surface area contributed by atoms with Crippen molar-refractivity contribution < 1.29 is 9.90 Å². The number of nitrogens with one attached hydrogen (secondary N) is 1. The van der Waals surface area contributed by atoms with E-state index in [-0.39, 0.29) is 18.0 Å². The highest BCUT2D eigenvalue weighted by molar-refractivity contribution is 5.74. The molecule has 0 saturated heterocycles. The average molecular weight is 340 g/mol. The van der Waals surface area contributed by atoms with Gasteiger partial charge in [0.05, 0.1) is 11.7 Å². The number of carbonyl (C=O) groups is 1. The minimum absolute atomic E-state index is 0.00448. The monoisotopic (exact) mass is 340 g/mol. The van der Waals surface area contributed by atoms with Gasteiger partial charge in [0.1, 0.15) is 5.82 Å². The summed E-state index contributed by atoms with van der Waals surface area (Å²) in [6.07, 6.45) is 8.77. The number of amides is 1. The third-order valence-electron chi connectivity index (χ3n) is 5.83. The van der Waals surface area contributed by atoms with Crippen LogP contribution in [0.2, 0.25) is 0 Å². The molecule has 2 aliphatic carbocycles. The second-order valence-electron chi connectivity index (χ2n) is 7.10. The lowest BCUT2D eigenvalue weighted by molar-refractivity contribution is 0.0549. The molecule has 0 aliphatic heterocycles. The third kappa shape index (κ3) is 2.13. The minimum Gasteiger partial charge on any atom is -0.465 e. The van der Waals surface area contributed by atoms with Crippen molar-refractivity contribution in [2.75, 3.05) is 0 Å². The molecular weight excluding hydrogens is 320 g/mol. The first-order valence-electron chi connectivity index (χ1n) is 8.92. The quantitative estimate of drug-likeness (QED) is 0.764. The lowest BCUT2D eigenvalue weighted by atomic mass is 9.77. The summed E-state index contributed by atoms with van der Waals surface area (Å²) in [7, 11) is 0. The van der Waals surface area contributed by atoms with Gasteiger partial charge < -0.3 is 15.0 Å². The van der Waals surface area contributed by atoms with E-state index in [0.29, 0.717) is 5.65 Å². The van der Waals surface area contributed by atoms with Gasteiger partial charge >= 0.3 is 6.09 Å². The number of nitrogens with zero attached hydrogens (tertiary/aromatic N) is 5. The van der Waals surface area contributed by atoms with Crippen molar-refractivity contribution >= 4 is 22.9 Å². The maximum atomic E-state index is 11.9. The van der Waals surface area contributed by atoms with E-state index < -0.39 is 6.09 Å². The van der Waals surface area contributed by atoms with Gasteiger partial charge in [-0.05, 0) is 31.7 Å². The molecule has 3 aromatic heterocycles. The van der Waals surface area contributed by atoms with Crippen LogP contribution in [0.15, 0.2) is 18.5 Å². The Labute approximate surface area is 143 Å². The molecule has 8 nitrogen and oxygen atoms in total. The van der Waals surface area contributed by atoms with Crippen LogP contribution in [-0.4, -0.2) is 52.7 Å². The summed E-state index contributed by atoms with van der Waals surface area (Å²) in [5, 5.41) is 18.5. The van der Waals surface area contributed by atoms with Crippen LogP contribution in [0.5, 0.6) is 0 Å². The SMILES string of the molecule is O=C(O)N(C1CCCC1)C1CCC1c1nnc2cnc3[nH]ccc3n12. The van der Waals surface area contributed by atoms with Gasteiger partial charge in [-0.15, -0.1) is 10.2 Å². The maximum Gasteiger partial charge on any atom is 0.407 e. The standard InChI is InChI=1S/C17H20N6O2/c24-17(25)22(10-3-1-2-4-10)12-6-5-11(12)16-21-20-14-9-19-15-13(23(14)16)7-8-18-15/h7-12,18H,1-6H2,(H,24,25). The lowest BCUT2D eigenvalue weighted by Crippen LogP contribution is -2.52. The molecule has 2 unspecified atom stereocenters. The number of aromatic nitrogens is 5. The summed E-state index contributed by atoms with van der Waals surface area (Å²) in [5.74, 6) is 0.940. The third-order valence-corrected chi connectivity index (χ3v) is 5.83. The van der Waals surface area contributed by atoms with Crippen molar-refractivity contribution in [3.05, 3.63) is 24.3 Å². The van der Waals surface area contributed by atoms with E-state index in [9.17, 15) is 9.90 Å². The summed E-state index contributed by atoms with van der Waals surface area (Å²) in [5.41, 5.74) is 2.43. The number of rotatable bonds is 3. The summed E-state index contributed by atoms with van der Waals surface area (Å²) in [4.78, 5) is 21.1. The van der Waals surface area contributed by atoms with Crippen LogP contribution in [0.1, 0.15) is 50.3 Å². The molecule has 0 spiro atoms. The second-order valence-corrected chi connectivity index (χ2v) is 7.10. The summed E-state index contributed by atoms with van der Waals surface area (Å²) >= 11 is 0. The number of fused-ring (bicyclic) bond motifs is 3. The zero-order chi connectivity index (χ0) is 17.0. The molecular formula is C17H20N6O2. The van der Waals surface area contributed by atoms with Gasteiger partial charge in [-0.1, -0.05) is 12.8 Å². The molecule has 5 rings (SSSR count). The van der Waals surface area contributed by atoms with E-state index in [1.165, 1.54) is 0 Å². The van der Waals surface area contributed by atoms with Gasteiger partial charge in [-0.3, -0.25) is 4.40 Å². The summed E-state index contributed by atoms with van der Waals surface area (Å²) in [6.45, 7) is 0. The van der Waals surface area contributed by atoms with Gasteiger partial charge in [0.25, 0.3) is 0 Å². The predicted octanol–water partition coefficient (Wildman–Crippen LogP) is 2.77.